The lowest BCUT2D eigenvalue weighted by Gasteiger charge is -2.36. The van der Waals surface area contributed by atoms with Gasteiger partial charge in [0.15, 0.2) is 0 Å². The molecule has 1 fully saturated rings. The largest absolute Gasteiger partial charge is 0.353 e. The standard InChI is InChI=1S/C19H21FN4O2/c1-14(22-18(25)15-5-7-16(20)8-6-15)19(26)24-12-10-23(11-13-24)17-4-2-3-9-21-17/h2-9,14H,10-13H2,1H3,(H,22,25). The minimum Gasteiger partial charge on any atom is -0.353 e. The Morgan fingerprint density at radius 2 is 1.77 bits per heavy atom. The van der Waals surface area contributed by atoms with Gasteiger partial charge in [0.2, 0.25) is 5.91 Å². The average Bonchev–Trinajstić information content (AvgIpc) is 2.68. The van der Waals surface area contributed by atoms with Crippen LogP contribution in [0.3, 0.4) is 0 Å². The molecular weight excluding hydrogens is 335 g/mol. The van der Waals surface area contributed by atoms with Crippen LogP contribution in [-0.4, -0.2) is 53.9 Å². The molecule has 26 heavy (non-hydrogen) atoms. The Balaban J connectivity index is 1.53. The first-order valence-electron chi connectivity index (χ1n) is 8.56. The molecule has 0 spiro atoms. The molecule has 0 aliphatic carbocycles. The zero-order valence-corrected chi connectivity index (χ0v) is 14.6. The van der Waals surface area contributed by atoms with Crippen molar-refractivity contribution in [2.75, 3.05) is 31.1 Å². The van der Waals surface area contributed by atoms with Crippen LogP contribution in [0.15, 0.2) is 48.7 Å². The van der Waals surface area contributed by atoms with E-state index in [1.54, 1.807) is 18.0 Å². The Hall–Kier alpha value is -2.96. The van der Waals surface area contributed by atoms with E-state index in [9.17, 15) is 14.0 Å². The molecule has 3 rings (SSSR count). The molecule has 2 heterocycles. The number of benzene rings is 1. The van der Waals surface area contributed by atoms with Crippen molar-refractivity contribution in [1.29, 1.82) is 0 Å². The van der Waals surface area contributed by atoms with Crippen molar-refractivity contribution in [3.05, 3.63) is 60.0 Å². The minimum absolute atomic E-state index is 0.124. The van der Waals surface area contributed by atoms with Gasteiger partial charge in [0.25, 0.3) is 5.91 Å². The number of carbonyl (C=O) groups is 2. The van der Waals surface area contributed by atoms with Crippen molar-refractivity contribution in [2.45, 2.75) is 13.0 Å². The van der Waals surface area contributed by atoms with E-state index in [0.29, 0.717) is 31.7 Å². The molecule has 1 unspecified atom stereocenters. The number of nitrogens with zero attached hydrogens (tertiary/aromatic N) is 3. The molecule has 1 aromatic heterocycles. The van der Waals surface area contributed by atoms with Gasteiger partial charge in [-0.05, 0) is 43.3 Å². The van der Waals surface area contributed by atoms with Gasteiger partial charge < -0.3 is 15.1 Å². The van der Waals surface area contributed by atoms with E-state index in [-0.39, 0.29) is 5.91 Å². The molecule has 2 aromatic rings. The first kappa shape index (κ1) is 17.8. The van der Waals surface area contributed by atoms with Crippen LogP contribution in [0.25, 0.3) is 0 Å². The van der Waals surface area contributed by atoms with Crippen LogP contribution in [-0.2, 0) is 4.79 Å². The molecule has 1 N–H and O–H groups in total. The fourth-order valence-corrected chi connectivity index (χ4v) is 2.91. The Morgan fingerprint density at radius 3 is 2.38 bits per heavy atom. The second kappa shape index (κ2) is 7.95. The maximum atomic E-state index is 12.9. The molecule has 0 saturated carbocycles. The van der Waals surface area contributed by atoms with Crippen molar-refractivity contribution in [3.63, 3.8) is 0 Å². The summed E-state index contributed by atoms with van der Waals surface area (Å²) in [6.07, 6.45) is 1.75. The number of anilines is 1. The summed E-state index contributed by atoms with van der Waals surface area (Å²) >= 11 is 0. The monoisotopic (exact) mass is 356 g/mol. The summed E-state index contributed by atoms with van der Waals surface area (Å²) in [7, 11) is 0. The van der Waals surface area contributed by atoms with Gasteiger partial charge in [-0.25, -0.2) is 9.37 Å². The molecule has 136 valence electrons. The van der Waals surface area contributed by atoms with Crippen molar-refractivity contribution in [3.8, 4) is 0 Å². The number of hydrogen-bond acceptors (Lipinski definition) is 4. The third-order valence-corrected chi connectivity index (χ3v) is 4.39. The lowest BCUT2D eigenvalue weighted by molar-refractivity contribution is -0.133. The number of pyridine rings is 1. The van der Waals surface area contributed by atoms with Gasteiger partial charge in [0.05, 0.1) is 0 Å². The number of halogens is 1. The number of nitrogens with one attached hydrogen (secondary N) is 1. The van der Waals surface area contributed by atoms with Crippen LogP contribution in [0.5, 0.6) is 0 Å². The average molecular weight is 356 g/mol. The van der Waals surface area contributed by atoms with Gasteiger partial charge in [-0.1, -0.05) is 6.07 Å². The number of rotatable bonds is 4. The first-order valence-corrected chi connectivity index (χ1v) is 8.56. The van der Waals surface area contributed by atoms with E-state index in [2.05, 4.69) is 15.2 Å². The van der Waals surface area contributed by atoms with Crippen LogP contribution < -0.4 is 10.2 Å². The summed E-state index contributed by atoms with van der Waals surface area (Å²) < 4.78 is 12.9. The van der Waals surface area contributed by atoms with E-state index >= 15 is 0 Å². The molecular formula is C19H21FN4O2. The predicted octanol–water partition coefficient (Wildman–Crippen LogP) is 1.69. The quantitative estimate of drug-likeness (QED) is 0.905. The highest BCUT2D eigenvalue weighted by atomic mass is 19.1. The number of piperazine rings is 1. The number of amides is 2. The summed E-state index contributed by atoms with van der Waals surface area (Å²) in [4.78, 5) is 33.0. The van der Waals surface area contributed by atoms with Crippen LogP contribution in [0.1, 0.15) is 17.3 Å². The molecule has 1 aromatic carbocycles. The number of hydrogen-bond donors (Lipinski definition) is 1. The van der Waals surface area contributed by atoms with E-state index in [1.165, 1.54) is 24.3 Å². The van der Waals surface area contributed by atoms with E-state index < -0.39 is 17.8 Å². The second-order valence-corrected chi connectivity index (χ2v) is 6.20. The topological polar surface area (TPSA) is 65.5 Å². The Bertz CT molecular complexity index is 759. The summed E-state index contributed by atoms with van der Waals surface area (Å²) in [5.74, 6) is -0.0205. The Kier molecular flexibility index (Phi) is 5.46. The third kappa shape index (κ3) is 4.17. The molecule has 1 aliphatic rings. The second-order valence-electron chi connectivity index (χ2n) is 6.20. The van der Waals surface area contributed by atoms with Crippen molar-refractivity contribution < 1.29 is 14.0 Å². The van der Waals surface area contributed by atoms with E-state index in [0.717, 1.165) is 5.82 Å². The first-order chi connectivity index (χ1) is 12.5. The molecule has 1 saturated heterocycles. The number of carbonyl (C=O) groups excluding carboxylic acids is 2. The van der Waals surface area contributed by atoms with Crippen LogP contribution in [0.4, 0.5) is 10.2 Å². The van der Waals surface area contributed by atoms with Gasteiger partial charge in [-0.15, -0.1) is 0 Å². The normalized spacial score (nSPS) is 15.5. The molecule has 7 heteroatoms. The van der Waals surface area contributed by atoms with Crippen LogP contribution in [0, 0.1) is 5.82 Å². The SMILES string of the molecule is CC(NC(=O)c1ccc(F)cc1)C(=O)N1CCN(c2ccccn2)CC1. The third-order valence-electron chi connectivity index (χ3n) is 4.39. The van der Waals surface area contributed by atoms with Crippen molar-refractivity contribution in [2.24, 2.45) is 0 Å². The fraction of sp³-hybridized carbons (Fsp3) is 0.316. The van der Waals surface area contributed by atoms with E-state index in [1.807, 2.05) is 18.2 Å². The summed E-state index contributed by atoms with van der Waals surface area (Å²) in [5, 5.41) is 2.68. The van der Waals surface area contributed by atoms with Gasteiger partial charge in [0, 0.05) is 37.9 Å². The molecule has 0 bridgehead atoms. The molecule has 2 amide bonds. The molecule has 1 atom stereocenters. The minimum atomic E-state index is -0.644. The van der Waals surface area contributed by atoms with E-state index in [4.69, 9.17) is 0 Å². The van der Waals surface area contributed by atoms with Gasteiger partial charge in [-0.2, -0.15) is 0 Å². The highest BCUT2D eigenvalue weighted by Crippen LogP contribution is 2.13. The van der Waals surface area contributed by atoms with Crippen molar-refractivity contribution >= 4 is 17.6 Å². The molecule has 1 aliphatic heterocycles. The van der Waals surface area contributed by atoms with Crippen molar-refractivity contribution in [1.82, 2.24) is 15.2 Å². The lowest BCUT2D eigenvalue weighted by Crippen LogP contribution is -2.54. The van der Waals surface area contributed by atoms with Crippen LogP contribution >= 0.6 is 0 Å². The molecule has 6 nitrogen and oxygen atoms in total. The smallest absolute Gasteiger partial charge is 0.251 e. The number of aromatic nitrogens is 1. The summed E-state index contributed by atoms with van der Waals surface area (Å²) in [6, 6.07) is 10.3. The fourth-order valence-electron chi connectivity index (χ4n) is 2.91. The highest BCUT2D eigenvalue weighted by molar-refractivity contribution is 5.97. The van der Waals surface area contributed by atoms with Gasteiger partial charge >= 0.3 is 0 Å². The summed E-state index contributed by atoms with van der Waals surface area (Å²) in [5.41, 5.74) is 0.325. The highest BCUT2D eigenvalue weighted by Gasteiger charge is 2.26. The maximum Gasteiger partial charge on any atom is 0.251 e. The Labute approximate surface area is 151 Å². The zero-order valence-electron chi connectivity index (χ0n) is 14.6. The van der Waals surface area contributed by atoms with Crippen LogP contribution in [0.2, 0.25) is 0 Å². The van der Waals surface area contributed by atoms with Gasteiger partial charge in [0.1, 0.15) is 17.7 Å². The van der Waals surface area contributed by atoms with Gasteiger partial charge in [-0.3, -0.25) is 9.59 Å². The zero-order chi connectivity index (χ0) is 18.5. The molecule has 0 radical (unpaired) electrons. The Morgan fingerprint density at radius 1 is 1.08 bits per heavy atom. The predicted molar refractivity (Wildman–Crippen MR) is 96.4 cm³/mol. The maximum absolute atomic E-state index is 12.9. The lowest BCUT2D eigenvalue weighted by atomic mass is 10.2. The summed E-state index contributed by atoms with van der Waals surface area (Å²) in [6.45, 7) is 4.20.